The minimum atomic E-state index is -4.77. The molecule has 0 fully saturated rings. The van der Waals surface area contributed by atoms with Gasteiger partial charge in [0.15, 0.2) is 6.10 Å². The molecule has 0 rings (SSSR count). The maximum Gasteiger partial charge on any atom is 0.472 e. The Hall–Kier alpha value is -3.60. The topological polar surface area (TPSA) is 155 Å². The molecule has 0 aliphatic rings. The zero-order chi connectivity index (χ0) is 56.9. The largest absolute Gasteiger partial charge is 0.472 e. The van der Waals surface area contributed by atoms with Gasteiger partial charge < -0.3 is 24.2 Å². The molecule has 0 bridgehead atoms. The number of aliphatic hydroxyl groups is 1. The lowest BCUT2D eigenvalue weighted by atomic mass is 10.0. The van der Waals surface area contributed by atoms with Gasteiger partial charge in [-0.3, -0.25) is 23.4 Å². The Morgan fingerprint density at radius 2 is 0.679 bits per heavy atom. The molecule has 0 spiro atoms. The molecule has 0 aromatic heterocycles. The molecular formula is C66H113O11P. The molecule has 12 heteroatoms. The van der Waals surface area contributed by atoms with Gasteiger partial charge in [0, 0.05) is 19.3 Å². The average Bonchev–Trinajstić information content (AvgIpc) is 3.43. The van der Waals surface area contributed by atoms with E-state index in [1.54, 1.807) is 0 Å². The van der Waals surface area contributed by atoms with E-state index in [1.807, 2.05) is 6.08 Å². The number of phosphoric ester groups is 1. The Kier molecular flexibility index (Phi) is 56.8. The Morgan fingerprint density at radius 3 is 1.09 bits per heavy atom. The summed E-state index contributed by atoms with van der Waals surface area (Å²) in [7, 11) is -4.77. The number of allylic oxidation sites excluding steroid dienone is 16. The summed E-state index contributed by atoms with van der Waals surface area (Å²) in [5.74, 6) is -1.55. The standard InChI is InChI=1S/C66H113O11P/c1-4-7-10-13-16-19-22-25-28-30-31-33-36-39-42-45-48-51-54-57-66(70)77-63(59-73-64(68)55-52-49-46-43-40-37-35-32-29-26-23-20-17-14-11-8-5-2)61-75-78(71,72)74-60-62(58-67)76-65(69)56-53-50-47-44-41-38-34-27-24-21-18-15-12-9-6-3/h8,11,16-17,19-20,25-26,28-29,31,33,35,37,43,46,62-63,67H,4-7,9-10,12-15,18,21-24,27,30,32,34,36,38-42,44-45,47-61H2,1-3H3,(H,71,72)/b11-8-,19-16-,20-17-,28-25-,29-26-,33-31-,37-35-,46-43-. The average molecular weight is 1110 g/mol. The fraction of sp³-hybridized carbons (Fsp3) is 0.712. The van der Waals surface area contributed by atoms with Crippen LogP contribution in [-0.2, 0) is 42.2 Å². The second-order valence-electron chi connectivity index (χ2n) is 20.5. The lowest BCUT2D eigenvalue weighted by Gasteiger charge is -2.21. The minimum absolute atomic E-state index is 0.138. The van der Waals surface area contributed by atoms with Crippen LogP contribution >= 0.6 is 7.82 Å². The van der Waals surface area contributed by atoms with Crippen LogP contribution in [0.4, 0.5) is 0 Å². The second-order valence-corrected chi connectivity index (χ2v) is 21.9. The first-order valence-electron chi connectivity index (χ1n) is 31.1. The van der Waals surface area contributed by atoms with Crippen molar-refractivity contribution < 1.29 is 52.2 Å². The fourth-order valence-corrected chi connectivity index (χ4v) is 9.07. The number of unbranched alkanes of at least 4 members (excludes halogenated alkanes) is 24. The summed E-state index contributed by atoms with van der Waals surface area (Å²) in [4.78, 5) is 48.7. The van der Waals surface area contributed by atoms with Crippen molar-refractivity contribution in [1.82, 2.24) is 0 Å². The Bertz CT molecular complexity index is 1680. The summed E-state index contributed by atoms with van der Waals surface area (Å²) >= 11 is 0. The summed E-state index contributed by atoms with van der Waals surface area (Å²) in [6.45, 7) is 4.45. The van der Waals surface area contributed by atoms with Crippen LogP contribution in [0, 0.1) is 0 Å². The predicted molar refractivity (Wildman–Crippen MR) is 325 cm³/mol. The zero-order valence-corrected chi connectivity index (χ0v) is 50.5. The van der Waals surface area contributed by atoms with E-state index >= 15 is 0 Å². The van der Waals surface area contributed by atoms with Crippen LogP contribution in [0.2, 0.25) is 0 Å². The molecule has 2 N–H and O–H groups in total. The Labute approximate surface area is 476 Å². The maximum absolute atomic E-state index is 12.9. The molecule has 0 aliphatic heterocycles. The monoisotopic (exact) mass is 1110 g/mol. The van der Waals surface area contributed by atoms with Crippen molar-refractivity contribution in [2.45, 2.75) is 277 Å². The summed E-state index contributed by atoms with van der Waals surface area (Å²) in [6.07, 6.45) is 70.8. The van der Waals surface area contributed by atoms with Crippen molar-refractivity contribution in [3.05, 3.63) is 97.2 Å². The van der Waals surface area contributed by atoms with Gasteiger partial charge in [-0.1, -0.05) is 246 Å². The van der Waals surface area contributed by atoms with E-state index in [1.165, 1.54) is 96.3 Å². The highest BCUT2D eigenvalue weighted by atomic mass is 31.2. The van der Waals surface area contributed by atoms with E-state index < -0.39 is 57.8 Å². The Morgan fingerprint density at radius 1 is 0.372 bits per heavy atom. The molecule has 0 aliphatic carbocycles. The summed E-state index contributed by atoms with van der Waals surface area (Å²) < 4.78 is 39.6. The fourth-order valence-electron chi connectivity index (χ4n) is 8.28. The third-order valence-electron chi connectivity index (χ3n) is 13.0. The van der Waals surface area contributed by atoms with E-state index in [2.05, 4.69) is 112 Å². The molecular weight excluding hydrogens is 1000 g/mol. The van der Waals surface area contributed by atoms with Crippen molar-refractivity contribution in [1.29, 1.82) is 0 Å². The second kappa shape index (κ2) is 59.5. The first kappa shape index (κ1) is 74.4. The summed E-state index contributed by atoms with van der Waals surface area (Å²) in [6, 6.07) is 0. The van der Waals surface area contributed by atoms with Crippen LogP contribution in [0.5, 0.6) is 0 Å². The normalized spacial score (nSPS) is 14.0. The quantitative estimate of drug-likeness (QED) is 0.0197. The predicted octanol–water partition coefficient (Wildman–Crippen LogP) is 18.8. The summed E-state index contributed by atoms with van der Waals surface area (Å²) in [5.41, 5.74) is 0. The molecule has 0 amide bonds. The van der Waals surface area contributed by atoms with Crippen LogP contribution in [0.3, 0.4) is 0 Å². The number of ether oxygens (including phenoxy) is 3. The first-order valence-corrected chi connectivity index (χ1v) is 32.6. The molecule has 0 aromatic carbocycles. The van der Waals surface area contributed by atoms with E-state index in [4.69, 9.17) is 23.3 Å². The van der Waals surface area contributed by atoms with Crippen molar-refractivity contribution in [2.75, 3.05) is 26.4 Å². The molecule has 448 valence electrons. The van der Waals surface area contributed by atoms with Crippen LogP contribution in [-0.4, -0.2) is 66.5 Å². The van der Waals surface area contributed by atoms with Crippen molar-refractivity contribution in [3.63, 3.8) is 0 Å². The van der Waals surface area contributed by atoms with Gasteiger partial charge in [-0.2, -0.15) is 0 Å². The molecule has 0 saturated carbocycles. The minimum Gasteiger partial charge on any atom is -0.462 e. The number of aliphatic hydroxyl groups excluding tert-OH is 1. The van der Waals surface area contributed by atoms with Crippen molar-refractivity contribution in [3.8, 4) is 0 Å². The lowest BCUT2D eigenvalue weighted by molar-refractivity contribution is -0.161. The van der Waals surface area contributed by atoms with Gasteiger partial charge in [-0.25, -0.2) is 4.57 Å². The van der Waals surface area contributed by atoms with E-state index in [0.29, 0.717) is 25.7 Å². The van der Waals surface area contributed by atoms with Crippen molar-refractivity contribution in [2.24, 2.45) is 0 Å². The van der Waals surface area contributed by atoms with Gasteiger partial charge in [-0.05, 0) is 96.3 Å². The molecule has 78 heavy (non-hydrogen) atoms. The van der Waals surface area contributed by atoms with Crippen LogP contribution in [0.25, 0.3) is 0 Å². The van der Waals surface area contributed by atoms with Gasteiger partial charge in [0.1, 0.15) is 12.7 Å². The van der Waals surface area contributed by atoms with Gasteiger partial charge in [0.25, 0.3) is 0 Å². The van der Waals surface area contributed by atoms with Gasteiger partial charge in [0.2, 0.25) is 0 Å². The lowest BCUT2D eigenvalue weighted by Crippen LogP contribution is -2.30. The van der Waals surface area contributed by atoms with E-state index in [0.717, 1.165) is 103 Å². The molecule has 0 saturated heterocycles. The molecule has 3 atom stereocenters. The van der Waals surface area contributed by atoms with E-state index in [9.17, 15) is 28.9 Å². The van der Waals surface area contributed by atoms with Crippen LogP contribution < -0.4 is 0 Å². The highest BCUT2D eigenvalue weighted by Crippen LogP contribution is 2.43. The number of carbonyl (C=O) groups is 3. The number of hydrogen-bond acceptors (Lipinski definition) is 10. The summed E-state index contributed by atoms with van der Waals surface area (Å²) in [5, 5.41) is 9.84. The Balaban J connectivity index is 4.81. The van der Waals surface area contributed by atoms with Gasteiger partial charge in [-0.15, -0.1) is 0 Å². The number of phosphoric acid groups is 1. The third kappa shape index (κ3) is 57.1. The highest BCUT2D eigenvalue weighted by molar-refractivity contribution is 7.47. The number of esters is 3. The number of carbonyl (C=O) groups excluding carboxylic acids is 3. The first-order chi connectivity index (χ1) is 38.2. The molecule has 0 aromatic rings. The number of hydrogen-bond donors (Lipinski definition) is 2. The van der Waals surface area contributed by atoms with Gasteiger partial charge >= 0.3 is 25.7 Å². The third-order valence-corrected chi connectivity index (χ3v) is 13.9. The maximum atomic E-state index is 12.9. The highest BCUT2D eigenvalue weighted by Gasteiger charge is 2.28. The molecule has 0 heterocycles. The SMILES string of the molecule is CC/C=C\C/C=C\C/C=C\C/C=C\C/C=C\CCCC(=O)OCC(COP(=O)(O)OCC(CO)OC(=O)CCCCCCCCCCCCCCCCC)OC(=O)CCCCCCCC/C=C\C/C=C\C/C=C\CCCCC. The number of rotatable bonds is 57. The zero-order valence-electron chi connectivity index (χ0n) is 49.6. The van der Waals surface area contributed by atoms with Crippen LogP contribution in [0.1, 0.15) is 265 Å². The van der Waals surface area contributed by atoms with E-state index in [-0.39, 0.29) is 25.9 Å². The van der Waals surface area contributed by atoms with Crippen molar-refractivity contribution >= 4 is 25.7 Å². The smallest absolute Gasteiger partial charge is 0.462 e. The molecule has 11 nitrogen and oxygen atoms in total. The van der Waals surface area contributed by atoms with Crippen LogP contribution in [0.15, 0.2) is 97.2 Å². The molecule has 3 unspecified atom stereocenters. The van der Waals surface area contributed by atoms with Gasteiger partial charge in [0.05, 0.1) is 19.8 Å². The molecule has 0 radical (unpaired) electrons.